The fourth-order valence-electron chi connectivity index (χ4n) is 3.90. The zero-order chi connectivity index (χ0) is 13.6. The van der Waals surface area contributed by atoms with E-state index in [9.17, 15) is 4.79 Å². The predicted molar refractivity (Wildman–Crippen MR) is 78.4 cm³/mol. The highest BCUT2D eigenvalue weighted by atomic mass is 16.2. The van der Waals surface area contributed by atoms with Gasteiger partial charge in [0.25, 0.3) is 0 Å². The van der Waals surface area contributed by atoms with Gasteiger partial charge in [-0.3, -0.25) is 4.79 Å². The number of hydrogen-bond donors (Lipinski definition) is 2. The van der Waals surface area contributed by atoms with Crippen LogP contribution >= 0.6 is 0 Å². The zero-order valence-electron chi connectivity index (χ0n) is 11.8. The van der Waals surface area contributed by atoms with Crippen LogP contribution < -0.4 is 10.6 Å². The number of carbonyl (C=O) groups excluding carboxylic acids is 1. The van der Waals surface area contributed by atoms with E-state index >= 15 is 0 Å². The number of hydrogen-bond acceptors (Lipinski definition) is 2. The van der Waals surface area contributed by atoms with Gasteiger partial charge >= 0.3 is 0 Å². The Morgan fingerprint density at radius 1 is 1.20 bits per heavy atom. The van der Waals surface area contributed by atoms with Gasteiger partial charge < -0.3 is 10.6 Å². The maximum Gasteiger partial charge on any atom is 0.223 e. The molecule has 1 heterocycles. The van der Waals surface area contributed by atoms with Crippen molar-refractivity contribution in [2.75, 3.05) is 13.1 Å². The molecule has 0 aromatic heterocycles. The molecule has 2 saturated carbocycles. The second-order valence-electron chi connectivity index (χ2n) is 6.74. The third-order valence-electron chi connectivity index (χ3n) is 5.45. The third kappa shape index (κ3) is 2.14. The van der Waals surface area contributed by atoms with Crippen molar-refractivity contribution in [3.05, 3.63) is 35.9 Å². The Kier molecular flexibility index (Phi) is 2.84. The fraction of sp³-hybridized carbons (Fsp3) is 0.588. The molecule has 20 heavy (non-hydrogen) atoms. The predicted octanol–water partition coefficient (Wildman–Crippen LogP) is 2.05. The number of benzene rings is 1. The molecule has 1 spiro atoms. The molecular formula is C17H22N2O. The summed E-state index contributed by atoms with van der Waals surface area (Å²) in [4.78, 5) is 12.4. The van der Waals surface area contributed by atoms with Crippen molar-refractivity contribution in [2.24, 2.45) is 11.3 Å². The van der Waals surface area contributed by atoms with Crippen LogP contribution in [0.2, 0.25) is 0 Å². The van der Waals surface area contributed by atoms with Crippen molar-refractivity contribution in [3.63, 3.8) is 0 Å². The average molecular weight is 270 g/mol. The van der Waals surface area contributed by atoms with Crippen LogP contribution in [0.25, 0.3) is 0 Å². The van der Waals surface area contributed by atoms with E-state index in [0.29, 0.717) is 29.2 Å². The van der Waals surface area contributed by atoms with Gasteiger partial charge in [-0.1, -0.05) is 30.3 Å². The quantitative estimate of drug-likeness (QED) is 0.882. The maximum atomic E-state index is 12.4. The van der Waals surface area contributed by atoms with E-state index in [4.69, 9.17) is 0 Å². The molecule has 3 unspecified atom stereocenters. The van der Waals surface area contributed by atoms with Crippen LogP contribution in [-0.2, 0) is 4.79 Å². The first-order valence-electron chi connectivity index (χ1n) is 7.85. The lowest BCUT2D eigenvalue weighted by atomic mass is 9.92. The summed E-state index contributed by atoms with van der Waals surface area (Å²) in [5, 5.41) is 6.67. The topological polar surface area (TPSA) is 41.1 Å². The summed E-state index contributed by atoms with van der Waals surface area (Å²) >= 11 is 0. The van der Waals surface area contributed by atoms with E-state index in [1.807, 2.05) is 6.07 Å². The smallest absolute Gasteiger partial charge is 0.223 e. The molecule has 1 aromatic carbocycles. The van der Waals surface area contributed by atoms with Gasteiger partial charge in [0.05, 0.1) is 0 Å². The molecule has 3 aliphatic rings. The minimum atomic E-state index is 0.293. The van der Waals surface area contributed by atoms with Crippen LogP contribution in [0.4, 0.5) is 0 Å². The third-order valence-corrected chi connectivity index (χ3v) is 5.45. The van der Waals surface area contributed by atoms with Gasteiger partial charge in [-0.25, -0.2) is 0 Å². The van der Waals surface area contributed by atoms with Crippen molar-refractivity contribution in [3.8, 4) is 0 Å². The average Bonchev–Trinajstić information content (AvgIpc) is 3.38. The van der Waals surface area contributed by atoms with E-state index in [-0.39, 0.29) is 0 Å². The normalized spacial score (nSPS) is 33.7. The highest BCUT2D eigenvalue weighted by Crippen LogP contribution is 2.58. The van der Waals surface area contributed by atoms with Crippen LogP contribution in [0.5, 0.6) is 0 Å². The van der Waals surface area contributed by atoms with Crippen LogP contribution in [-0.4, -0.2) is 25.0 Å². The minimum Gasteiger partial charge on any atom is -0.352 e. The molecule has 1 aliphatic heterocycles. The summed E-state index contributed by atoms with van der Waals surface area (Å²) in [5.74, 6) is 1.15. The Morgan fingerprint density at radius 3 is 2.70 bits per heavy atom. The molecule has 106 valence electrons. The van der Waals surface area contributed by atoms with Gasteiger partial charge in [-0.15, -0.1) is 0 Å². The Hall–Kier alpha value is -1.35. The SMILES string of the molecule is O=C(NC1CC1c1ccccc1)C1CC12CCNCC2. The standard InChI is InChI=1S/C17H22N2O/c20-16(14-11-17(14)6-8-18-9-7-17)19-15-10-13(15)12-4-2-1-3-5-12/h1-5,13-15,18H,6-11H2,(H,19,20). The first kappa shape index (κ1) is 12.4. The Bertz CT molecular complexity index is 507. The molecule has 0 radical (unpaired) electrons. The summed E-state index contributed by atoms with van der Waals surface area (Å²) in [5.41, 5.74) is 1.72. The highest BCUT2D eigenvalue weighted by Gasteiger charge is 2.58. The van der Waals surface area contributed by atoms with E-state index < -0.39 is 0 Å². The Morgan fingerprint density at radius 2 is 1.95 bits per heavy atom. The summed E-state index contributed by atoms with van der Waals surface area (Å²) in [6, 6.07) is 10.9. The second kappa shape index (κ2) is 4.59. The van der Waals surface area contributed by atoms with E-state index in [1.165, 1.54) is 18.4 Å². The van der Waals surface area contributed by atoms with Gasteiger partial charge in [0.2, 0.25) is 5.91 Å². The zero-order valence-corrected chi connectivity index (χ0v) is 11.8. The number of carbonyl (C=O) groups is 1. The highest BCUT2D eigenvalue weighted by molar-refractivity contribution is 5.83. The molecule has 1 aromatic rings. The van der Waals surface area contributed by atoms with Crippen molar-refractivity contribution in [1.29, 1.82) is 0 Å². The van der Waals surface area contributed by atoms with Crippen LogP contribution in [0.1, 0.15) is 37.2 Å². The van der Waals surface area contributed by atoms with Crippen LogP contribution in [0.3, 0.4) is 0 Å². The minimum absolute atomic E-state index is 0.293. The number of amides is 1. The van der Waals surface area contributed by atoms with Crippen LogP contribution in [0.15, 0.2) is 30.3 Å². The fourth-order valence-corrected chi connectivity index (χ4v) is 3.90. The maximum absolute atomic E-state index is 12.4. The summed E-state index contributed by atoms with van der Waals surface area (Å²) in [7, 11) is 0. The molecule has 0 bridgehead atoms. The summed E-state index contributed by atoms with van der Waals surface area (Å²) < 4.78 is 0. The van der Waals surface area contributed by atoms with Crippen molar-refractivity contribution in [2.45, 2.75) is 37.6 Å². The lowest BCUT2D eigenvalue weighted by Gasteiger charge is -2.23. The van der Waals surface area contributed by atoms with E-state index in [0.717, 1.165) is 25.9 Å². The second-order valence-corrected chi connectivity index (χ2v) is 6.74. The number of nitrogens with one attached hydrogen (secondary N) is 2. The molecule has 1 saturated heterocycles. The van der Waals surface area contributed by atoms with E-state index in [1.54, 1.807) is 0 Å². The molecule has 3 atom stereocenters. The van der Waals surface area contributed by atoms with Gasteiger partial charge in [-0.05, 0) is 49.8 Å². The van der Waals surface area contributed by atoms with E-state index in [2.05, 4.69) is 34.9 Å². The number of rotatable bonds is 3. The molecule has 4 rings (SSSR count). The lowest BCUT2D eigenvalue weighted by Crippen LogP contribution is -2.34. The molecule has 3 fully saturated rings. The largest absolute Gasteiger partial charge is 0.352 e. The first-order valence-corrected chi connectivity index (χ1v) is 7.85. The van der Waals surface area contributed by atoms with Gasteiger partial charge in [-0.2, -0.15) is 0 Å². The molecule has 3 heteroatoms. The summed E-state index contributed by atoms with van der Waals surface area (Å²) in [6.45, 7) is 2.17. The van der Waals surface area contributed by atoms with Crippen molar-refractivity contribution >= 4 is 5.91 Å². The lowest BCUT2D eigenvalue weighted by molar-refractivity contribution is -0.123. The molecule has 1 amide bonds. The van der Waals surface area contributed by atoms with Gasteiger partial charge in [0.1, 0.15) is 0 Å². The van der Waals surface area contributed by atoms with Gasteiger partial charge in [0, 0.05) is 17.9 Å². The van der Waals surface area contributed by atoms with Crippen molar-refractivity contribution < 1.29 is 4.79 Å². The van der Waals surface area contributed by atoms with Crippen molar-refractivity contribution in [1.82, 2.24) is 10.6 Å². The van der Waals surface area contributed by atoms with Gasteiger partial charge in [0.15, 0.2) is 0 Å². The number of piperidine rings is 1. The molecule has 2 aliphatic carbocycles. The molecule has 2 N–H and O–H groups in total. The van der Waals surface area contributed by atoms with Crippen LogP contribution in [0, 0.1) is 11.3 Å². The Balaban J connectivity index is 1.32. The molecule has 3 nitrogen and oxygen atoms in total. The monoisotopic (exact) mass is 270 g/mol. The summed E-state index contributed by atoms with van der Waals surface area (Å²) in [6.07, 6.45) is 4.58. The molecular weight excluding hydrogens is 248 g/mol. The Labute approximate surface area is 120 Å². The first-order chi connectivity index (χ1) is 9.78.